The second kappa shape index (κ2) is 5.78. The Labute approximate surface area is 129 Å². The fraction of sp³-hybridized carbons (Fsp3) is 0.0625. The summed E-state index contributed by atoms with van der Waals surface area (Å²) in [4.78, 5) is 0. The summed E-state index contributed by atoms with van der Waals surface area (Å²) in [6, 6.07) is 12.5. The van der Waals surface area contributed by atoms with Gasteiger partial charge < -0.3 is 14.3 Å². The van der Waals surface area contributed by atoms with Crippen LogP contribution < -0.4 is 4.52 Å². The van der Waals surface area contributed by atoms with E-state index in [-0.39, 0.29) is 5.75 Å². The van der Waals surface area contributed by atoms with Gasteiger partial charge in [-0.1, -0.05) is 23.4 Å². The smallest absolute Gasteiger partial charge is 0.167 e. The van der Waals surface area contributed by atoms with Crippen molar-refractivity contribution in [3.8, 4) is 11.4 Å². The maximum atomic E-state index is 14.0. The van der Waals surface area contributed by atoms with Crippen LogP contribution in [0.2, 0.25) is 0 Å². The first-order valence-corrected chi connectivity index (χ1v) is 7.08. The Bertz CT molecular complexity index is 874. The third kappa shape index (κ3) is 2.24. The molecule has 1 aromatic heterocycles. The molecule has 0 spiro atoms. The SMILES string of the molecule is Cc1c(/C=N/O)c2ccccc2n1-c1ccc(OP)c(F)c1. The van der Waals surface area contributed by atoms with E-state index in [1.165, 1.54) is 12.3 Å². The van der Waals surface area contributed by atoms with Crippen molar-refractivity contribution in [2.24, 2.45) is 5.16 Å². The number of oxime groups is 1. The standard InChI is InChI=1S/C16H14FN2O2P/c1-10-13(9-18-20)12-4-2-3-5-15(12)19(10)11-6-7-16(21-22)14(17)8-11/h2-9,20H,22H2,1H3/b18-9+. The van der Waals surface area contributed by atoms with Gasteiger partial charge in [-0.15, -0.1) is 0 Å². The summed E-state index contributed by atoms with van der Waals surface area (Å²) >= 11 is 0. The van der Waals surface area contributed by atoms with Gasteiger partial charge in [0, 0.05) is 28.4 Å². The van der Waals surface area contributed by atoms with Crippen LogP contribution in [0.3, 0.4) is 0 Å². The molecule has 0 amide bonds. The first-order chi connectivity index (χ1) is 10.7. The number of benzene rings is 2. The summed E-state index contributed by atoms with van der Waals surface area (Å²) in [5, 5.41) is 12.9. The third-order valence-electron chi connectivity index (χ3n) is 3.65. The predicted octanol–water partition coefficient (Wildman–Crippen LogP) is 4.06. The van der Waals surface area contributed by atoms with Crippen molar-refractivity contribution in [1.29, 1.82) is 0 Å². The zero-order valence-corrected chi connectivity index (χ0v) is 13.0. The van der Waals surface area contributed by atoms with Crippen LogP contribution in [0, 0.1) is 12.7 Å². The molecular formula is C16H14FN2O2P. The van der Waals surface area contributed by atoms with Gasteiger partial charge in [0.25, 0.3) is 0 Å². The molecular weight excluding hydrogens is 302 g/mol. The largest absolute Gasteiger partial charge is 0.477 e. The third-order valence-corrected chi connectivity index (χ3v) is 3.90. The van der Waals surface area contributed by atoms with Crippen molar-refractivity contribution < 1.29 is 14.1 Å². The number of aromatic nitrogens is 1. The van der Waals surface area contributed by atoms with E-state index in [1.54, 1.807) is 12.1 Å². The highest BCUT2D eigenvalue weighted by Gasteiger charge is 2.15. The first kappa shape index (κ1) is 14.5. The summed E-state index contributed by atoms with van der Waals surface area (Å²) in [7, 11) is 2.03. The Hall–Kier alpha value is -2.39. The number of hydrogen-bond acceptors (Lipinski definition) is 3. The Morgan fingerprint density at radius 2 is 2.05 bits per heavy atom. The Balaban J connectivity index is 2.31. The fourth-order valence-electron chi connectivity index (χ4n) is 2.67. The average molecular weight is 316 g/mol. The molecule has 1 unspecified atom stereocenters. The van der Waals surface area contributed by atoms with E-state index in [0.29, 0.717) is 5.69 Å². The highest BCUT2D eigenvalue weighted by molar-refractivity contribution is 7.10. The molecule has 0 saturated heterocycles. The van der Waals surface area contributed by atoms with Gasteiger partial charge in [-0.3, -0.25) is 0 Å². The van der Waals surface area contributed by atoms with E-state index in [2.05, 4.69) is 5.16 Å². The molecule has 0 aliphatic heterocycles. The van der Waals surface area contributed by atoms with Crippen molar-refractivity contribution in [2.45, 2.75) is 6.92 Å². The van der Waals surface area contributed by atoms with Crippen LogP contribution in [0.25, 0.3) is 16.6 Å². The number of rotatable bonds is 3. The molecule has 3 aromatic rings. The zero-order chi connectivity index (χ0) is 15.7. The van der Waals surface area contributed by atoms with Gasteiger partial charge >= 0.3 is 0 Å². The first-order valence-electron chi connectivity index (χ1n) is 6.61. The van der Waals surface area contributed by atoms with Crippen LogP contribution in [0.4, 0.5) is 4.39 Å². The minimum absolute atomic E-state index is 0.167. The molecule has 0 aliphatic rings. The van der Waals surface area contributed by atoms with Crippen LogP contribution in [0.1, 0.15) is 11.3 Å². The van der Waals surface area contributed by atoms with Crippen molar-refractivity contribution in [3.63, 3.8) is 0 Å². The maximum absolute atomic E-state index is 14.0. The summed E-state index contributed by atoms with van der Waals surface area (Å²) in [5.41, 5.74) is 3.24. The summed E-state index contributed by atoms with van der Waals surface area (Å²) < 4.78 is 20.8. The molecule has 6 heteroatoms. The molecule has 0 bridgehead atoms. The molecule has 2 aromatic carbocycles. The predicted molar refractivity (Wildman–Crippen MR) is 87.7 cm³/mol. The lowest BCUT2D eigenvalue weighted by Crippen LogP contribution is -1.98. The highest BCUT2D eigenvalue weighted by Crippen LogP contribution is 2.30. The number of halogens is 1. The normalized spacial score (nSPS) is 11.4. The van der Waals surface area contributed by atoms with E-state index in [9.17, 15) is 4.39 Å². The molecule has 112 valence electrons. The van der Waals surface area contributed by atoms with Gasteiger partial charge in [-0.05, 0) is 25.1 Å². The molecule has 0 aliphatic carbocycles. The van der Waals surface area contributed by atoms with E-state index >= 15 is 0 Å². The second-order valence-corrected chi connectivity index (χ2v) is 5.06. The fourth-order valence-corrected chi connectivity index (χ4v) is 2.86. The molecule has 0 saturated carbocycles. The van der Waals surface area contributed by atoms with Crippen molar-refractivity contribution >= 4 is 26.6 Å². The van der Waals surface area contributed by atoms with Crippen LogP contribution in [0.5, 0.6) is 5.75 Å². The molecule has 0 radical (unpaired) electrons. The van der Waals surface area contributed by atoms with Crippen molar-refractivity contribution in [3.05, 3.63) is 59.5 Å². The van der Waals surface area contributed by atoms with Gasteiger partial charge in [0.05, 0.1) is 21.2 Å². The van der Waals surface area contributed by atoms with Gasteiger partial charge in [0.15, 0.2) is 11.6 Å². The quantitative estimate of drug-likeness (QED) is 0.343. The molecule has 1 atom stereocenters. The minimum atomic E-state index is -0.443. The number of nitrogens with zero attached hydrogens (tertiary/aromatic N) is 2. The Morgan fingerprint density at radius 1 is 1.27 bits per heavy atom. The van der Waals surface area contributed by atoms with E-state index in [4.69, 9.17) is 9.73 Å². The average Bonchev–Trinajstić information content (AvgIpc) is 2.80. The number of hydrogen-bond donors (Lipinski definition) is 1. The molecule has 4 nitrogen and oxygen atoms in total. The second-order valence-electron chi connectivity index (χ2n) is 4.83. The van der Waals surface area contributed by atoms with Crippen molar-refractivity contribution in [2.75, 3.05) is 0 Å². The van der Waals surface area contributed by atoms with Crippen molar-refractivity contribution in [1.82, 2.24) is 4.57 Å². The lowest BCUT2D eigenvalue weighted by molar-refractivity contribution is 0.322. The van der Waals surface area contributed by atoms with Gasteiger partial charge in [-0.2, -0.15) is 0 Å². The summed E-state index contributed by atoms with van der Waals surface area (Å²) in [5.74, 6) is -0.276. The van der Waals surface area contributed by atoms with Crippen LogP contribution in [-0.4, -0.2) is 16.0 Å². The monoisotopic (exact) mass is 316 g/mol. The van der Waals surface area contributed by atoms with E-state index < -0.39 is 5.82 Å². The Morgan fingerprint density at radius 3 is 2.73 bits per heavy atom. The van der Waals surface area contributed by atoms with Crippen LogP contribution >= 0.6 is 9.47 Å². The Kier molecular flexibility index (Phi) is 3.82. The molecule has 22 heavy (non-hydrogen) atoms. The highest BCUT2D eigenvalue weighted by atomic mass is 31.0. The van der Waals surface area contributed by atoms with Crippen LogP contribution in [-0.2, 0) is 0 Å². The minimum Gasteiger partial charge on any atom is -0.477 e. The molecule has 0 fully saturated rings. The van der Waals surface area contributed by atoms with Crippen LogP contribution in [0.15, 0.2) is 47.6 Å². The van der Waals surface area contributed by atoms with E-state index in [0.717, 1.165) is 22.2 Å². The lowest BCUT2D eigenvalue weighted by atomic mass is 10.1. The molecule has 1 N–H and O–H groups in total. The number of para-hydroxylation sites is 1. The maximum Gasteiger partial charge on any atom is 0.167 e. The van der Waals surface area contributed by atoms with Gasteiger partial charge in [0.2, 0.25) is 0 Å². The number of fused-ring (bicyclic) bond motifs is 1. The zero-order valence-electron chi connectivity index (χ0n) is 11.8. The van der Waals surface area contributed by atoms with Gasteiger partial charge in [0.1, 0.15) is 0 Å². The van der Waals surface area contributed by atoms with Gasteiger partial charge in [-0.25, -0.2) is 4.39 Å². The molecule has 3 rings (SSSR count). The summed E-state index contributed by atoms with van der Waals surface area (Å²) in [6.07, 6.45) is 1.39. The lowest BCUT2D eigenvalue weighted by Gasteiger charge is -2.10. The molecule has 1 heterocycles. The topological polar surface area (TPSA) is 46.8 Å². The van der Waals surface area contributed by atoms with E-state index in [1.807, 2.05) is 45.2 Å². The summed E-state index contributed by atoms with van der Waals surface area (Å²) in [6.45, 7) is 1.90.